The molecule has 0 radical (unpaired) electrons. The first kappa shape index (κ1) is 9.68. The van der Waals surface area contributed by atoms with E-state index in [0.717, 1.165) is 16.7 Å². The highest BCUT2D eigenvalue weighted by Gasteiger charge is 2.08. The molecule has 4 heteroatoms. The van der Waals surface area contributed by atoms with E-state index in [4.69, 9.17) is 4.42 Å². The highest BCUT2D eigenvalue weighted by molar-refractivity contribution is 9.09. The van der Waals surface area contributed by atoms with E-state index in [1.165, 1.54) is 0 Å². The van der Waals surface area contributed by atoms with Crippen molar-refractivity contribution in [1.82, 2.24) is 4.98 Å². The largest absolute Gasteiger partial charge is 0.441 e. The van der Waals surface area contributed by atoms with Crippen molar-refractivity contribution in [3.8, 4) is 0 Å². The van der Waals surface area contributed by atoms with Gasteiger partial charge in [0.25, 0.3) is 0 Å². The van der Waals surface area contributed by atoms with Crippen LogP contribution in [-0.2, 0) is 0 Å². The lowest BCUT2D eigenvalue weighted by Gasteiger charge is -2.05. The van der Waals surface area contributed by atoms with Crippen LogP contribution < -0.4 is 0 Å². The molecular weight excluding hydrogens is 246 g/mol. The normalized spacial score (nSPS) is 13.4. The topological polar surface area (TPSA) is 46.3 Å². The second-order valence-corrected chi connectivity index (χ2v) is 3.78. The summed E-state index contributed by atoms with van der Waals surface area (Å²) in [5.41, 5.74) is 2.39. The van der Waals surface area contributed by atoms with Gasteiger partial charge in [-0.25, -0.2) is 4.98 Å². The van der Waals surface area contributed by atoms with Crippen molar-refractivity contribution in [2.24, 2.45) is 0 Å². The minimum atomic E-state index is -0.496. The van der Waals surface area contributed by atoms with E-state index in [-0.39, 0.29) is 0 Å². The standard InChI is InChI=1S/C10H10BrNO2/c1-6-12-8-3-2-7(9(13)5-11)4-10(8)14-6/h2-4,9,13H,5H2,1H3. The number of oxazole rings is 1. The Kier molecular flexibility index (Phi) is 2.56. The highest BCUT2D eigenvalue weighted by Crippen LogP contribution is 2.21. The zero-order valence-corrected chi connectivity index (χ0v) is 9.28. The van der Waals surface area contributed by atoms with Crippen LogP contribution in [-0.4, -0.2) is 15.4 Å². The number of hydrogen-bond donors (Lipinski definition) is 1. The number of alkyl halides is 1. The van der Waals surface area contributed by atoms with Gasteiger partial charge in [0, 0.05) is 12.3 Å². The predicted molar refractivity (Wildman–Crippen MR) is 57.5 cm³/mol. The Hall–Kier alpha value is -0.870. The monoisotopic (exact) mass is 255 g/mol. The summed E-state index contributed by atoms with van der Waals surface area (Å²) in [6, 6.07) is 5.53. The van der Waals surface area contributed by atoms with Crippen molar-refractivity contribution in [3.05, 3.63) is 29.7 Å². The van der Waals surface area contributed by atoms with Crippen LogP contribution in [0, 0.1) is 6.92 Å². The maximum atomic E-state index is 9.59. The average Bonchev–Trinajstić information content (AvgIpc) is 2.55. The quantitative estimate of drug-likeness (QED) is 0.840. The highest BCUT2D eigenvalue weighted by atomic mass is 79.9. The number of aliphatic hydroxyl groups excluding tert-OH is 1. The Labute approximate surface area is 89.9 Å². The van der Waals surface area contributed by atoms with Gasteiger partial charge in [0.1, 0.15) is 5.52 Å². The van der Waals surface area contributed by atoms with E-state index < -0.39 is 6.10 Å². The molecule has 0 bridgehead atoms. The van der Waals surface area contributed by atoms with E-state index in [1.54, 1.807) is 6.92 Å². The number of aryl methyl sites for hydroxylation is 1. The molecule has 1 heterocycles. The first-order valence-electron chi connectivity index (χ1n) is 4.32. The summed E-state index contributed by atoms with van der Waals surface area (Å²) in [5.74, 6) is 0.644. The zero-order chi connectivity index (χ0) is 10.1. The maximum Gasteiger partial charge on any atom is 0.192 e. The van der Waals surface area contributed by atoms with Crippen molar-refractivity contribution < 1.29 is 9.52 Å². The third-order valence-corrected chi connectivity index (χ3v) is 2.66. The van der Waals surface area contributed by atoms with Crippen LogP contribution in [0.2, 0.25) is 0 Å². The fourth-order valence-electron chi connectivity index (χ4n) is 1.35. The second-order valence-electron chi connectivity index (χ2n) is 3.13. The van der Waals surface area contributed by atoms with Crippen LogP contribution in [0.4, 0.5) is 0 Å². The number of nitrogens with zero attached hydrogens (tertiary/aromatic N) is 1. The fraction of sp³-hybridized carbons (Fsp3) is 0.300. The minimum Gasteiger partial charge on any atom is -0.441 e. The van der Waals surface area contributed by atoms with Gasteiger partial charge in [-0.15, -0.1) is 0 Å². The molecule has 3 nitrogen and oxygen atoms in total. The number of fused-ring (bicyclic) bond motifs is 1. The number of rotatable bonds is 2. The predicted octanol–water partition coefficient (Wildman–Crippen LogP) is 2.56. The molecule has 0 amide bonds. The molecule has 0 saturated heterocycles. The molecule has 0 spiro atoms. The Morgan fingerprint density at radius 2 is 2.36 bits per heavy atom. The zero-order valence-electron chi connectivity index (χ0n) is 7.70. The Balaban J connectivity index is 2.50. The number of aliphatic hydroxyl groups is 1. The van der Waals surface area contributed by atoms with Crippen LogP contribution in [0.25, 0.3) is 11.1 Å². The molecule has 14 heavy (non-hydrogen) atoms. The SMILES string of the molecule is Cc1nc2ccc(C(O)CBr)cc2o1. The summed E-state index contributed by atoms with van der Waals surface area (Å²) < 4.78 is 5.37. The number of aromatic nitrogens is 1. The molecule has 74 valence electrons. The number of halogens is 1. The lowest BCUT2D eigenvalue weighted by molar-refractivity contribution is 0.205. The average molecular weight is 256 g/mol. The molecule has 2 rings (SSSR count). The van der Waals surface area contributed by atoms with Crippen LogP contribution >= 0.6 is 15.9 Å². The molecule has 1 atom stereocenters. The number of hydrogen-bond acceptors (Lipinski definition) is 3. The first-order chi connectivity index (χ1) is 6.70. The van der Waals surface area contributed by atoms with Crippen molar-refractivity contribution in [3.63, 3.8) is 0 Å². The van der Waals surface area contributed by atoms with Crippen LogP contribution in [0.1, 0.15) is 17.6 Å². The Bertz CT molecular complexity index is 452. The van der Waals surface area contributed by atoms with Gasteiger partial charge in [-0.3, -0.25) is 0 Å². The van der Waals surface area contributed by atoms with Gasteiger partial charge in [0.05, 0.1) is 6.10 Å². The van der Waals surface area contributed by atoms with Gasteiger partial charge in [-0.1, -0.05) is 22.0 Å². The summed E-state index contributed by atoms with van der Waals surface area (Å²) in [4.78, 5) is 4.18. The lowest BCUT2D eigenvalue weighted by Crippen LogP contribution is -1.97. The maximum absolute atomic E-state index is 9.59. The third kappa shape index (κ3) is 1.67. The summed E-state index contributed by atoms with van der Waals surface area (Å²) >= 11 is 3.22. The summed E-state index contributed by atoms with van der Waals surface area (Å²) in [7, 11) is 0. The van der Waals surface area contributed by atoms with E-state index in [9.17, 15) is 5.11 Å². The van der Waals surface area contributed by atoms with Gasteiger partial charge in [0.15, 0.2) is 11.5 Å². The lowest BCUT2D eigenvalue weighted by atomic mass is 10.1. The first-order valence-corrected chi connectivity index (χ1v) is 5.44. The Morgan fingerprint density at radius 3 is 3.07 bits per heavy atom. The van der Waals surface area contributed by atoms with Crippen molar-refractivity contribution in [2.45, 2.75) is 13.0 Å². The number of benzene rings is 1. The summed E-state index contributed by atoms with van der Waals surface area (Å²) in [6.07, 6.45) is -0.496. The molecular formula is C10H10BrNO2. The molecule has 0 aliphatic heterocycles. The van der Waals surface area contributed by atoms with E-state index in [1.807, 2.05) is 18.2 Å². The van der Waals surface area contributed by atoms with Crippen molar-refractivity contribution in [2.75, 3.05) is 5.33 Å². The van der Waals surface area contributed by atoms with Crippen molar-refractivity contribution in [1.29, 1.82) is 0 Å². The molecule has 0 aliphatic rings. The summed E-state index contributed by atoms with van der Waals surface area (Å²) in [6.45, 7) is 1.81. The van der Waals surface area contributed by atoms with Gasteiger partial charge in [0.2, 0.25) is 0 Å². The van der Waals surface area contributed by atoms with Gasteiger partial charge in [-0.05, 0) is 17.7 Å². The second kappa shape index (κ2) is 3.71. The van der Waals surface area contributed by atoms with Crippen LogP contribution in [0.5, 0.6) is 0 Å². The third-order valence-electron chi connectivity index (χ3n) is 2.05. The van der Waals surface area contributed by atoms with E-state index >= 15 is 0 Å². The molecule has 1 aromatic carbocycles. The van der Waals surface area contributed by atoms with Crippen molar-refractivity contribution >= 4 is 27.0 Å². The Morgan fingerprint density at radius 1 is 1.57 bits per heavy atom. The van der Waals surface area contributed by atoms with E-state index in [2.05, 4.69) is 20.9 Å². The smallest absolute Gasteiger partial charge is 0.192 e. The molecule has 1 unspecified atom stereocenters. The molecule has 1 N–H and O–H groups in total. The summed E-state index contributed by atoms with van der Waals surface area (Å²) in [5, 5.41) is 10.1. The molecule has 1 aromatic heterocycles. The fourth-order valence-corrected chi connectivity index (χ4v) is 1.73. The van der Waals surface area contributed by atoms with Crippen LogP contribution in [0.15, 0.2) is 22.6 Å². The van der Waals surface area contributed by atoms with Gasteiger partial charge in [-0.2, -0.15) is 0 Å². The molecule has 0 fully saturated rings. The molecule has 0 aliphatic carbocycles. The molecule has 0 saturated carbocycles. The van der Waals surface area contributed by atoms with Gasteiger partial charge < -0.3 is 9.52 Å². The minimum absolute atomic E-state index is 0.496. The molecule has 2 aromatic rings. The van der Waals surface area contributed by atoms with Crippen LogP contribution in [0.3, 0.4) is 0 Å². The van der Waals surface area contributed by atoms with E-state index in [0.29, 0.717) is 11.2 Å². The van der Waals surface area contributed by atoms with Gasteiger partial charge >= 0.3 is 0 Å².